The van der Waals surface area contributed by atoms with Crippen LogP contribution >= 0.6 is 47.8 Å². The Morgan fingerprint density at radius 1 is 1.33 bits per heavy atom. The van der Waals surface area contributed by atoms with Crippen molar-refractivity contribution in [1.29, 1.82) is 0 Å². The van der Waals surface area contributed by atoms with E-state index < -0.39 is 0 Å². The molecule has 1 saturated heterocycles. The van der Waals surface area contributed by atoms with Crippen LogP contribution in [0.2, 0.25) is 0 Å². The molecule has 1 atom stereocenters. The normalized spacial score (nSPS) is 17.1. The molecule has 1 heterocycles. The van der Waals surface area contributed by atoms with E-state index in [2.05, 4.69) is 58.4 Å². The van der Waals surface area contributed by atoms with Gasteiger partial charge in [0.15, 0.2) is 0 Å². The molecule has 1 aromatic rings. The number of amides is 1. The summed E-state index contributed by atoms with van der Waals surface area (Å²) in [6.45, 7) is 3.83. The van der Waals surface area contributed by atoms with Crippen molar-refractivity contribution in [3.05, 3.63) is 25.6 Å². The van der Waals surface area contributed by atoms with Crippen LogP contribution in [0.3, 0.4) is 0 Å². The van der Waals surface area contributed by atoms with E-state index in [1.165, 1.54) is 0 Å². The molecule has 1 fully saturated rings. The van der Waals surface area contributed by atoms with Crippen LogP contribution in [-0.2, 0) is 4.79 Å². The Kier molecular flexibility index (Phi) is 4.86. The van der Waals surface area contributed by atoms with Crippen molar-refractivity contribution >= 4 is 59.4 Å². The first-order valence-electron chi connectivity index (χ1n) is 5.65. The highest BCUT2D eigenvalue weighted by molar-refractivity contribution is 9.11. The Morgan fingerprint density at radius 3 is 2.33 bits per heavy atom. The number of anilines is 1. The zero-order chi connectivity index (χ0) is 13.3. The van der Waals surface area contributed by atoms with E-state index in [1.807, 2.05) is 19.1 Å². The van der Waals surface area contributed by atoms with Crippen molar-refractivity contribution in [1.82, 2.24) is 5.32 Å². The van der Waals surface area contributed by atoms with Crippen LogP contribution in [-0.4, -0.2) is 19.0 Å². The molecule has 0 radical (unpaired) electrons. The molecule has 0 bridgehead atoms. The van der Waals surface area contributed by atoms with Crippen molar-refractivity contribution in [2.45, 2.75) is 6.92 Å². The predicted octanol–water partition coefficient (Wildman–Crippen LogP) is 3.77. The predicted molar refractivity (Wildman–Crippen MR) is 83.7 cm³/mol. The topological polar surface area (TPSA) is 41.1 Å². The molecule has 0 saturated carbocycles. The lowest BCUT2D eigenvalue weighted by Gasteiger charge is -2.31. The van der Waals surface area contributed by atoms with Gasteiger partial charge in [-0.2, -0.15) is 0 Å². The van der Waals surface area contributed by atoms with Crippen molar-refractivity contribution in [2.75, 3.05) is 18.4 Å². The Labute approximate surface area is 131 Å². The fraction of sp³-hybridized carbons (Fsp3) is 0.417. The molecule has 0 aliphatic carbocycles. The van der Waals surface area contributed by atoms with Gasteiger partial charge in [-0.3, -0.25) is 4.79 Å². The second-order valence-electron chi connectivity index (χ2n) is 4.44. The maximum atomic E-state index is 12.1. The molecule has 1 unspecified atom stereocenters. The monoisotopic (exact) mass is 438 g/mol. The van der Waals surface area contributed by atoms with E-state index in [4.69, 9.17) is 0 Å². The lowest BCUT2D eigenvalue weighted by atomic mass is 9.88. The van der Waals surface area contributed by atoms with Crippen LogP contribution in [0.5, 0.6) is 0 Å². The summed E-state index contributed by atoms with van der Waals surface area (Å²) in [4.78, 5) is 12.1. The van der Waals surface area contributed by atoms with Crippen LogP contribution in [0.15, 0.2) is 25.6 Å². The number of carbonyl (C=O) groups excluding carboxylic acids is 1. The van der Waals surface area contributed by atoms with Gasteiger partial charge in [-0.1, -0.05) is 22.9 Å². The molecule has 0 spiro atoms. The Balaban J connectivity index is 2.11. The van der Waals surface area contributed by atoms with Crippen molar-refractivity contribution in [2.24, 2.45) is 11.8 Å². The third kappa shape index (κ3) is 3.15. The van der Waals surface area contributed by atoms with E-state index in [-0.39, 0.29) is 11.8 Å². The average Bonchev–Trinajstić information content (AvgIpc) is 2.20. The fourth-order valence-electron chi connectivity index (χ4n) is 1.78. The Morgan fingerprint density at radius 2 is 1.89 bits per heavy atom. The van der Waals surface area contributed by atoms with Crippen LogP contribution in [0.1, 0.15) is 6.92 Å². The molecule has 2 rings (SSSR count). The largest absolute Gasteiger partial charge is 0.324 e. The van der Waals surface area contributed by atoms with Crippen LogP contribution in [0, 0.1) is 11.8 Å². The highest BCUT2D eigenvalue weighted by Crippen LogP contribution is 2.35. The summed E-state index contributed by atoms with van der Waals surface area (Å²) in [5.74, 6) is 0.525. The summed E-state index contributed by atoms with van der Waals surface area (Å²) in [6.07, 6.45) is 0. The first kappa shape index (κ1) is 14.5. The fourth-order valence-corrected chi connectivity index (χ4v) is 4.23. The third-order valence-corrected chi connectivity index (χ3v) is 4.90. The van der Waals surface area contributed by atoms with Gasteiger partial charge < -0.3 is 10.6 Å². The SMILES string of the molecule is CC(C(=O)Nc1c(Br)cc(Br)cc1Br)C1CNC1. The van der Waals surface area contributed by atoms with Crippen LogP contribution in [0.4, 0.5) is 5.69 Å². The molecule has 18 heavy (non-hydrogen) atoms. The molecule has 1 aliphatic heterocycles. The second kappa shape index (κ2) is 6.03. The van der Waals surface area contributed by atoms with Crippen molar-refractivity contribution in [3.8, 4) is 0 Å². The maximum absolute atomic E-state index is 12.1. The van der Waals surface area contributed by atoms with Gasteiger partial charge in [-0.25, -0.2) is 0 Å². The Bertz CT molecular complexity index is 451. The summed E-state index contributed by atoms with van der Waals surface area (Å²) in [6, 6.07) is 3.83. The van der Waals surface area contributed by atoms with Crippen LogP contribution in [0.25, 0.3) is 0 Å². The van der Waals surface area contributed by atoms with E-state index in [0.29, 0.717) is 5.92 Å². The average molecular weight is 441 g/mol. The zero-order valence-electron chi connectivity index (χ0n) is 9.77. The number of halogens is 3. The summed E-state index contributed by atoms with van der Waals surface area (Å²) < 4.78 is 2.67. The van der Waals surface area contributed by atoms with E-state index >= 15 is 0 Å². The first-order valence-corrected chi connectivity index (χ1v) is 8.03. The molecule has 98 valence electrons. The zero-order valence-corrected chi connectivity index (χ0v) is 14.5. The summed E-state index contributed by atoms with van der Waals surface area (Å²) in [7, 11) is 0. The number of hydrogen-bond donors (Lipinski definition) is 2. The van der Waals surface area contributed by atoms with Crippen molar-refractivity contribution < 1.29 is 4.79 Å². The molecular weight excluding hydrogens is 428 g/mol. The van der Waals surface area contributed by atoms with Gasteiger partial charge in [0.05, 0.1) is 5.69 Å². The quantitative estimate of drug-likeness (QED) is 0.751. The lowest BCUT2D eigenvalue weighted by Crippen LogP contribution is -2.48. The van der Waals surface area contributed by atoms with Gasteiger partial charge in [-0.15, -0.1) is 0 Å². The first-order chi connectivity index (χ1) is 8.49. The highest BCUT2D eigenvalue weighted by atomic mass is 79.9. The molecule has 1 amide bonds. The summed E-state index contributed by atoms with van der Waals surface area (Å²) in [5.41, 5.74) is 0.780. The van der Waals surface area contributed by atoms with Gasteiger partial charge in [0.25, 0.3) is 0 Å². The number of benzene rings is 1. The molecule has 3 nitrogen and oxygen atoms in total. The number of hydrogen-bond acceptors (Lipinski definition) is 2. The molecule has 1 aliphatic rings. The number of nitrogens with one attached hydrogen (secondary N) is 2. The molecule has 2 N–H and O–H groups in total. The lowest BCUT2D eigenvalue weighted by molar-refractivity contribution is -0.121. The van der Waals surface area contributed by atoms with E-state index in [9.17, 15) is 4.79 Å². The third-order valence-electron chi connectivity index (χ3n) is 3.19. The van der Waals surface area contributed by atoms with Crippen LogP contribution < -0.4 is 10.6 Å². The minimum absolute atomic E-state index is 0.0219. The van der Waals surface area contributed by atoms with E-state index in [0.717, 1.165) is 32.2 Å². The number of carbonyl (C=O) groups is 1. The van der Waals surface area contributed by atoms with Gasteiger partial charge in [0, 0.05) is 19.3 Å². The smallest absolute Gasteiger partial charge is 0.227 e. The van der Waals surface area contributed by atoms with Gasteiger partial charge in [0.1, 0.15) is 0 Å². The standard InChI is InChI=1S/C12H13Br3N2O/c1-6(7-4-16-5-7)12(18)17-11-9(14)2-8(13)3-10(11)15/h2-3,6-7,16H,4-5H2,1H3,(H,17,18). The Hall–Kier alpha value is 0.0900. The molecule has 0 aromatic heterocycles. The summed E-state index contributed by atoms with van der Waals surface area (Å²) in [5, 5.41) is 6.16. The highest BCUT2D eigenvalue weighted by Gasteiger charge is 2.29. The van der Waals surface area contributed by atoms with Crippen molar-refractivity contribution in [3.63, 3.8) is 0 Å². The molecule has 1 aromatic carbocycles. The molecular formula is C12H13Br3N2O. The minimum atomic E-state index is 0.0219. The number of rotatable bonds is 3. The minimum Gasteiger partial charge on any atom is -0.324 e. The van der Waals surface area contributed by atoms with E-state index in [1.54, 1.807) is 0 Å². The molecule has 6 heteroatoms. The van der Waals surface area contributed by atoms with Gasteiger partial charge in [0.2, 0.25) is 5.91 Å². The maximum Gasteiger partial charge on any atom is 0.227 e. The van der Waals surface area contributed by atoms with Gasteiger partial charge >= 0.3 is 0 Å². The summed E-state index contributed by atoms with van der Waals surface area (Å²) >= 11 is 10.3. The second-order valence-corrected chi connectivity index (χ2v) is 7.07. The van der Waals surface area contributed by atoms with Gasteiger partial charge in [-0.05, 0) is 63.0 Å².